The number of carbonyl (C=O) groups is 2. The number of benzene rings is 3. The monoisotopic (exact) mass is 576 g/mol. The van der Waals surface area contributed by atoms with Gasteiger partial charge in [0.2, 0.25) is 5.91 Å². The number of urea groups is 1. The topological polar surface area (TPSA) is 118 Å². The highest BCUT2D eigenvalue weighted by molar-refractivity contribution is 6.31. The highest BCUT2D eigenvalue weighted by Gasteiger charge is 2.24. The van der Waals surface area contributed by atoms with Crippen molar-refractivity contribution in [1.29, 1.82) is 0 Å². The largest absolute Gasteiger partial charge is 0.486 e. The van der Waals surface area contributed by atoms with Gasteiger partial charge in [-0.2, -0.15) is 0 Å². The van der Waals surface area contributed by atoms with Gasteiger partial charge in [-0.25, -0.2) is 19.2 Å². The number of fused-ring (bicyclic) bond motifs is 1. The number of halogens is 2. The van der Waals surface area contributed by atoms with Gasteiger partial charge in [0.15, 0.2) is 0 Å². The molecule has 6 rings (SSSR count). The summed E-state index contributed by atoms with van der Waals surface area (Å²) < 4.78 is 25.5. The molecule has 3 heterocycles. The van der Waals surface area contributed by atoms with Crippen molar-refractivity contribution in [3.63, 3.8) is 0 Å². The third kappa shape index (κ3) is 6.01. The fourth-order valence-corrected chi connectivity index (χ4v) is 4.94. The molecular weight excluding hydrogens is 551 g/mol. The van der Waals surface area contributed by atoms with Gasteiger partial charge in [0.25, 0.3) is 0 Å². The molecule has 2 aliphatic heterocycles. The van der Waals surface area contributed by atoms with Crippen molar-refractivity contribution in [3.05, 3.63) is 77.3 Å². The van der Waals surface area contributed by atoms with E-state index in [4.69, 9.17) is 21.1 Å². The summed E-state index contributed by atoms with van der Waals surface area (Å²) in [5.74, 6) is 0.352. The second-order valence-corrected chi connectivity index (χ2v) is 10.1. The maximum atomic E-state index is 13.7. The summed E-state index contributed by atoms with van der Waals surface area (Å²) in [5.41, 5.74) is 3.57. The lowest BCUT2D eigenvalue weighted by Gasteiger charge is -2.27. The Labute approximate surface area is 239 Å². The van der Waals surface area contributed by atoms with Gasteiger partial charge in [-0.05, 0) is 42.0 Å². The minimum atomic E-state index is -0.507. The number of hydrogen-bond acceptors (Lipinski definition) is 8. The molecule has 0 aliphatic carbocycles. The summed E-state index contributed by atoms with van der Waals surface area (Å²) in [4.78, 5) is 34.3. The maximum Gasteiger partial charge on any atom is 0.328 e. The number of ether oxygens (including phenoxy) is 2. The summed E-state index contributed by atoms with van der Waals surface area (Å²) in [6.45, 7) is 1.89. The fourth-order valence-electron chi connectivity index (χ4n) is 4.76. The van der Waals surface area contributed by atoms with E-state index in [9.17, 15) is 14.0 Å². The lowest BCUT2D eigenvalue weighted by molar-refractivity contribution is -0.120. The Hall–Kier alpha value is -4.48. The molecule has 0 saturated carbocycles. The van der Waals surface area contributed by atoms with Crippen LogP contribution in [0, 0.1) is 5.82 Å². The van der Waals surface area contributed by atoms with Gasteiger partial charge in [0.1, 0.15) is 29.8 Å². The Morgan fingerprint density at radius 3 is 2.85 bits per heavy atom. The predicted octanol–water partition coefficient (Wildman–Crippen LogP) is 5.39. The van der Waals surface area contributed by atoms with Crippen molar-refractivity contribution in [1.82, 2.24) is 15.3 Å². The Bertz CT molecular complexity index is 1630. The van der Waals surface area contributed by atoms with Crippen LogP contribution >= 0.6 is 11.6 Å². The highest BCUT2D eigenvalue weighted by Crippen LogP contribution is 2.35. The summed E-state index contributed by atoms with van der Waals surface area (Å²) in [7, 11) is 0. The second kappa shape index (κ2) is 11.6. The molecule has 4 aromatic rings. The normalized spacial score (nSPS) is 17.0. The van der Waals surface area contributed by atoms with Crippen LogP contribution < -0.4 is 25.6 Å². The van der Waals surface area contributed by atoms with Crippen molar-refractivity contribution in [2.24, 2.45) is 0 Å². The molecule has 2 aliphatic rings. The van der Waals surface area contributed by atoms with Crippen molar-refractivity contribution in [3.8, 4) is 5.75 Å². The van der Waals surface area contributed by atoms with E-state index in [0.717, 1.165) is 12.0 Å². The Kier molecular flexibility index (Phi) is 7.53. The van der Waals surface area contributed by atoms with E-state index in [-0.39, 0.29) is 23.5 Å². The molecule has 3 aromatic carbocycles. The number of hydrogen-bond donors (Lipinski definition) is 3. The molecule has 3 amide bonds. The second-order valence-electron chi connectivity index (χ2n) is 9.72. The summed E-state index contributed by atoms with van der Waals surface area (Å²) >= 11 is 5.98. The number of anilines is 4. The molecule has 41 heavy (non-hydrogen) atoms. The number of aromatic nitrogens is 2. The number of imide groups is 1. The average Bonchev–Trinajstić information content (AvgIpc) is 3.47. The smallest absolute Gasteiger partial charge is 0.328 e. The van der Waals surface area contributed by atoms with E-state index in [1.807, 2.05) is 36.4 Å². The molecule has 10 nitrogen and oxygen atoms in total. The molecule has 0 unspecified atom stereocenters. The van der Waals surface area contributed by atoms with E-state index in [0.29, 0.717) is 65.8 Å². The van der Waals surface area contributed by atoms with E-state index < -0.39 is 11.8 Å². The molecular formula is C29H26ClFN6O4. The molecule has 12 heteroatoms. The molecule has 210 valence electrons. The summed E-state index contributed by atoms with van der Waals surface area (Å²) in [5, 5.41) is 9.73. The van der Waals surface area contributed by atoms with E-state index in [1.165, 1.54) is 18.5 Å². The lowest BCUT2D eigenvalue weighted by Crippen LogP contribution is -2.49. The van der Waals surface area contributed by atoms with Gasteiger partial charge in [-0.1, -0.05) is 23.7 Å². The third-order valence-corrected chi connectivity index (χ3v) is 7.15. The molecule has 0 spiro atoms. The predicted molar refractivity (Wildman–Crippen MR) is 153 cm³/mol. The van der Waals surface area contributed by atoms with Crippen LogP contribution in [-0.4, -0.2) is 47.8 Å². The van der Waals surface area contributed by atoms with Gasteiger partial charge in [-0.15, -0.1) is 0 Å². The van der Waals surface area contributed by atoms with Gasteiger partial charge < -0.3 is 20.1 Å². The molecule has 2 saturated heterocycles. The molecule has 2 fully saturated rings. The first-order chi connectivity index (χ1) is 19.9. The summed E-state index contributed by atoms with van der Waals surface area (Å²) in [6.07, 6.45) is 2.39. The maximum absolute atomic E-state index is 13.7. The molecule has 1 atom stereocenters. The first-order valence-electron chi connectivity index (χ1n) is 13.1. The van der Waals surface area contributed by atoms with Crippen LogP contribution in [0.3, 0.4) is 0 Å². The zero-order chi connectivity index (χ0) is 28.3. The van der Waals surface area contributed by atoms with Crippen molar-refractivity contribution >= 4 is 57.3 Å². The zero-order valence-corrected chi connectivity index (χ0v) is 22.6. The van der Waals surface area contributed by atoms with Crippen LogP contribution in [0.15, 0.2) is 60.9 Å². The molecule has 0 radical (unpaired) electrons. The van der Waals surface area contributed by atoms with Gasteiger partial charge in [-0.3, -0.25) is 15.0 Å². The zero-order valence-electron chi connectivity index (χ0n) is 21.8. The first kappa shape index (κ1) is 26.7. The van der Waals surface area contributed by atoms with Gasteiger partial charge in [0, 0.05) is 48.8 Å². The van der Waals surface area contributed by atoms with Gasteiger partial charge >= 0.3 is 6.03 Å². The number of carbonyl (C=O) groups excluding carboxylic acids is 2. The standard InChI is InChI=1S/C29H26ClFN6O4/c30-22-11-18(4-5-23(22)31)35-28-21-12-25(26(13-24(21)33-16-34-28)41-20-7-9-40-15-20)32-14-17-2-1-3-19(10-17)37-8-6-27(38)36-29(37)39/h1-5,10-13,16,20,32H,6-9,14-15H2,(H,33,34,35)(H,36,38,39)/t20-/m0/s1. The minimum absolute atomic E-state index is 0.000973. The van der Waals surface area contributed by atoms with Crippen LogP contribution in [0.2, 0.25) is 5.02 Å². The van der Waals surface area contributed by atoms with E-state index in [1.54, 1.807) is 11.0 Å². The molecule has 0 bridgehead atoms. The third-order valence-electron chi connectivity index (χ3n) is 6.86. The Morgan fingerprint density at radius 1 is 1.15 bits per heavy atom. The van der Waals surface area contributed by atoms with E-state index >= 15 is 0 Å². The Morgan fingerprint density at radius 2 is 2.05 bits per heavy atom. The van der Waals surface area contributed by atoms with Crippen LogP contribution in [-0.2, 0) is 16.1 Å². The van der Waals surface area contributed by atoms with Crippen LogP contribution in [0.1, 0.15) is 18.4 Å². The van der Waals surface area contributed by atoms with Gasteiger partial charge in [0.05, 0.1) is 29.4 Å². The number of rotatable bonds is 8. The summed E-state index contributed by atoms with van der Waals surface area (Å²) in [6, 6.07) is 15.2. The van der Waals surface area contributed by atoms with E-state index in [2.05, 4.69) is 25.9 Å². The van der Waals surface area contributed by atoms with Crippen molar-refractivity contribution < 1.29 is 23.5 Å². The number of amides is 3. The van der Waals surface area contributed by atoms with Crippen LogP contribution in [0.5, 0.6) is 5.75 Å². The molecule has 1 aromatic heterocycles. The lowest BCUT2D eigenvalue weighted by atomic mass is 10.1. The van der Waals surface area contributed by atoms with Crippen molar-refractivity contribution in [2.45, 2.75) is 25.5 Å². The SMILES string of the molecule is O=C1CCN(c2cccc(CNc3cc4c(Nc5ccc(F)c(Cl)c5)ncnc4cc3O[C@H]3CCOC3)c2)C(=O)N1. The fraction of sp³-hybridized carbons (Fsp3) is 0.241. The average molecular weight is 577 g/mol. The molecule has 3 N–H and O–H groups in total. The van der Waals surface area contributed by atoms with Crippen LogP contribution in [0.25, 0.3) is 10.9 Å². The minimum Gasteiger partial charge on any atom is -0.486 e. The number of nitrogens with zero attached hydrogens (tertiary/aromatic N) is 3. The quantitative estimate of drug-likeness (QED) is 0.255. The highest BCUT2D eigenvalue weighted by atomic mass is 35.5. The first-order valence-corrected chi connectivity index (χ1v) is 13.5. The van der Waals surface area contributed by atoms with Crippen LogP contribution in [0.4, 0.5) is 32.1 Å². The van der Waals surface area contributed by atoms with Crippen molar-refractivity contribution in [2.75, 3.05) is 35.3 Å². The Balaban J connectivity index is 1.29. The number of nitrogens with one attached hydrogen (secondary N) is 3.